The number of carboxylic acid groups (broad SMARTS) is 1. The van der Waals surface area contributed by atoms with Crippen LogP contribution in [0.1, 0.15) is 31.3 Å². The summed E-state index contributed by atoms with van der Waals surface area (Å²) < 4.78 is 0. The number of aliphatic carboxylic acids is 1. The molecule has 18 heavy (non-hydrogen) atoms. The monoisotopic (exact) mass is 271 g/mol. The number of hydrogen-bond donors (Lipinski definition) is 1. The van der Waals surface area contributed by atoms with Gasteiger partial charge in [-0.2, -0.15) is 0 Å². The van der Waals surface area contributed by atoms with Crippen LogP contribution in [0.2, 0.25) is 5.15 Å². The topological polar surface area (TPSA) is 83.4 Å². The molecule has 1 rings (SSSR count). The van der Waals surface area contributed by atoms with Crippen molar-refractivity contribution in [3.63, 3.8) is 0 Å². The SMILES string of the molecule is CC(C)(C)N(CC(=O)O)C(=O)c1ccc(Cl)nn1. The van der Waals surface area contributed by atoms with Gasteiger partial charge in [-0.15, -0.1) is 10.2 Å². The highest BCUT2D eigenvalue weighted by molar-refractivity contribution is 6.29. The summed E-state index contributed by atoms with van der Waals surface area (Å²) in [5.74, 6) is -1.57. The van der Waals surface area contributed by atoms with E-state index in [1.807, 2.05) is 0 Å². The van der Waals surface area contributed by atoms with Gasteiger partial charge in [0.2, 0.25) is 0 Å². The molecule has 0 radical (unpaired) electrons. The maximum atomic E-state index is 12.2. The number of carboxylic acids is 1. The summed E-state index contributed by atoms with van der Waals surface area (Å²) in [6.07, 6.45) is 0. The number of carbonyl (C=O) groups is 2. The molecule has 0 bridgehead atoms. The first-order valence-corrected chi connectivity index (χ1v) is 5.62. The number of halogens is 1. The molecule has 1 aromatic heterocycles. The second-order valence-corrected chi connectivity index (χ2v) is 5.08. The van der Waals surface area contributed by atoms with E-state index in [-0.39, 0.29) is 10.8 Å². The van der Waals surface area contributed by atoms with Gasteiger partial charge in [0, 0.05) is 5.54 Å². The molecule has 1 aromatic rings. The normalized spacial score (nSPS) is 11.1. The molecule has 0 spiro atoms. The molecular formula is C11H14ClN3O3. The van der Waals surface area contributed by atoms with Gasteiger partial charge in [-0.3, -0.25) is 9.59 Å². The molecule has 1 amide bonds. The highest BCUT2D eigenvalue weighted by atomic mass is 35.5. The summed E-state index contributed by atoms with van der Waals surface area (Å²) in [7, 11) is 0. The molecule has 0 aliphatic rings. The molecule has 1 heterocycles. The molecule has 0 unspecified atom stereocenters. The van der Waals surface area contributed by atoms with Gasteiger partial charge in [0.05, 0.1) is 0 Å². The van der Waals surface area contributed by atoms with Crippen molar-refractivity contribution >= 4 is 23.5 Å². The minimum atomic E-state index is -1.08. The first-order valence-electron chi connectivity index (χ1n) is 5.25. The number of hydrogen-bond acceptors (Lipinski definition) is 4. The lowest BCUT2D eigenvalue weighted by Crippen LogP contribution is -2.48. The Morgan fingerprint density at radius 3 is 2.33 bits per heavy atom. The third-order valence-electron chi connectivity index (χ3n) is 2.20. The molecule has 0 fully saturated rings. The van der Waals surface area contributed by atoms with Crippen LogP contribution in [0.5, 0.6) is 0 Å². The molecule has 7 heteroatoms. The van der Waals surface area contributed by atoms with Crippen molar-refractivity contribution in [2.75, 3.05) is 6.54 Å². The lowest BCUT2D eigenvalue weighted by atomic mass is 10.1. The fraction of sp³-hybridized carbons (Fsp3) is 0.455. The minimum Gasteiger partial charge on any atom is -0.480 e. The molecule has 0 saturated heterocycles. The summed E-state index contributed by atoms with van der Waals surface area (Å²) in [5.41, 5.74) is -0.563. The maximum absolute atomic E-state index is 12.2. The van der Waals surface area contributed by atoms with E-state index in [9.17, 15) is 9.59 Å². The lowest BCUT2D eigenvalue weighted by Gasteiger charge is -2.33. The standard InChI is InChI=1S/C11H14ClN3O3/c1-11(2,3)15(6-9(16)17)10(18)7-4-5-8(12)14-13-7/h4-5H,6H2,1-3H3,(H,16,17). The van der Waals surface area contributed by atoms with E-state index in [0.29, 0.717) is 0 Å². The summed E-state index contributed by atoms with van der Waals surface area (Å²) in [6, 6.07) is 2.85. The van der Waals surface area contributed by atoms with Gasteiger partial charge in [0.25, 0.3) is 5.91 Å². The highest BCUT2D eigenvalue weighted by Gasteiger charge is 2.30. The van der Waals surface area contributed by atoms with Gasteiger partial charge in [-0.25, -0.2) is 0 Å². The van der Waals surface area contributed by atoms with Gasteiger partial charge >= 0.3 is 5.97 Å². The Morgan fingerprint density at radius 2 is 1.94 bits per heavy atom. The van der Waals surface area contributed by atoms with Gasteiger partial charge in [0.15, 0.2) is 10.8 Å². The number of rotatable bonds is 3. The second-order valence-electron chi connectivity index (χ2n) is 4.70. The van der Waals surface area contributed by atoms with E-state index < -0.39 is 24.0 Å². The predicted molar refractivity (Wildman–Crippen MR) is 65.5 cm³/mol. The predicted octanol–water partition coefficient (Wildman–Crippen LogP) is 1.46. The van der Waals surface area contributed by atoms with E-state index in [2.05, 4.69) is 10.2 Å². The Morgan fingerprint density at radius 1 is 1.33 bits per heavy atom. The van der Waals surface area contributed by atoms with Gasteiger partial charge in [-0.05, 0) is 32.9 Å². The van der Waals surface area contributed by atoms with E-state index in [1.54, 1.807) is 20.8 Å². The van der Waals surface area contributed by atoms with Crippen LogP contribution in [-0.4, -0.2) is 44.2 Å². The van der Waals surface area contributed by atoms with Crippen molar-refractivity contribution in [2.24, 2.45) is 0 Å². The Balaban J connectivity index is 3.02. The Kier molecular flexibility index (Phi) is 4.24. The fourth-order valence-corrected chi connectivity index (χ4v) is 1.42. The molecule has 0 atom stereocenters. The Bertz CT molecular complexity index is 454. The fourth-order valence-electron chi connectivity index (χ4n) is 1.32. The first-order chi connectivity index (χ1) is 8.21. The van der Waals surface area contributed by atoms with Gasteiger partial charge in [-0.1, -0.05) is 11.6 Å². The van der Waals surface area contributed by atoms with Crippen molar-refractivity contribution < 1.29 is 14.7 Å². The average molecular weight is 272 g/mol. The average Bonchev–Trinajstić information content (AvgIpc) is 2.24. The molecule has 0 saturated carbocycles. The number of aromatic nitrogens is 2. The first kappa shape index (κ1) is 14.4. The summed E-state index contributed by atoms with van der Waals surface area (Å²) in [5, 5.41) is 16.2. The molecule has 98 valence electrons. The Labute approximate surface area is 110 Å². The molecular weight excluding hydrogens is 258 g/mol. The molecule has 0 aliphatic carbocycles. The second kappa shape index (κ2) is 5.30. The molecule has 6 nitrogen and oxygen atoms in total. The minimum absolute atomic E-state index is 0.0653. The lowest BCUT2D eigenvalue weighted by molar-refractivity contribution is -0.138. The zero-order chi connectivity index (χ0) is 13.9. The number of nitrogens with zero attached hydrogens (tertiary/aromatic N) is 3. The summed E-state index contributed by atoms with van der Waals surface area (Å²) >= 11 is 5.58. The highest BCUT2D eigenvalue weighted by Crippen LogP contribution is 2.16. The van der Waals surface area contributed by atoms with Crippen molar-refractivity contribution in [3.8, 4) is 0 Å². The molecule has 1 N–H and O–H groups in total. The van der Waals surface area contributed by atoms with E-state index in [0.717, 1.165) is 0 Å². The number of carbonyl (C=O) groups excluding carboxylic acids is 1. The van der Waals surface area contributed by atoms with Crippen LogP contribution in [-0.2, 0) is 4.79 Å². The van der Waals surface area contributed by atoms with E-state index in [4.69, 9.17) is 16.7 Å². The van der Waals surface area contributed by atoms with Crippen molar-refractivity contribution in [3.05, 3.63) is 23.0 Å². The smallest absolute Gasteiger partial charge is 0.323 e. The van der Waals surface area contributed by atoms with Crippen LogP contribution in [0.4, 0.5) is 0 Å². The van der Waals surface area contributed by atoms with Crippen molar-refractivity contribution in [2.45, 2.75) is 26.3 Å². The van der Waals surface area contributed by atoms with E-state index >= 15 is 0 Å². The number of amides is 1. The third-order valence-corrected chi connectivity index (χ3v) is 2.40. The van der Waals surface area contributed by atoms with Crippen LogP contribution < -0.4 is 0 Å². The summed E-state index contributed by atoms with van der Waals surface area (Å²) in [4.78, 5) is 24.2. The van der Waals surface area contributed by atoms with Gasteiger partial charge in [0.1, 0.15) is 6.54 Å². The Hall–Kier alpha value is -1.69. The molecule has 0 aliphatic heterocycles. The van der Waals surface area contributed by atoms with Gasteiger partial charge < -0.3 is 10.0 Å². The quantitative estimate of drug-likeness (QED) is 0.900. The zero-order valence-corrected chi connectivity index (χ0v) is 11.1. The van der Waals surface area contributed by atoms with Crippen molar-refractivity contribution in [1.82, 2.24) is 15.1 Å². The van der Waals surface area contributed by atoms with Crippen LogP contribution in [0.15, 0.2) is 12.1 Å². The van der Waals surface area contributed by atoms with Crippen LogP contribution in [0, 0.1) is 0 Å². The van der Waals surface area contributed by atoms with Crippen molar-refractivity contribution in [1.29, 1.82) is 0 Å². The van der Waals surface area contributed by atoms with Crippen LogP contribution in [0.25, 0.3) is 0 Å². The summed E-state index contributed by atoms with van der Waals surface area (Å²) in [6.45, 7) is 4.85. The van der Waals surface area contributed by atoms with Crippen LogP contribution >= 0.6 is 11.6 Å². The maximum Gasteiger partial charge on any atom is 0.323 e. The third kappa shape index (κ3) is 3.66. The zero-order valence-electron chi connectivity index (χ0n) is 10.3. The van der Waals surface area contributed by atoms with Crippen LogP contribution in [0.3, 0.4) is 0 Å². The van der Waals surface area contributed by atoms with E-state index in [1.165, 1.54) is 17.0 Å². The largest absolute Gasteiger partial charge is 0.480 e. The molecule has 0 aromatic carbocycles.